The summed E-state index contributed by atoms with van der Waals surface area (Å²) in [5.41, 5.74) is 0. The molecule has 0 bridgehead atoms. The van der Waals surface area contributed by atoms with Crippen molar-refractivity contribution in [1.29, 1.82) is 0 Å². The van der Waals surface area contributed by atoms with Gasteiger partial charge in [0.2, 0.25) is 0 Å². The van der Waals surface area contributed by atoms with E-state index in [0.717, 1.165) is 0 Å². The summed E-state index contributed by atoms with van der Waals surface area (Å²) in [6, 6.07) is 0. The maximum absolute atomic E-state index is 10.2. The van der Waals surface area contributed by atoms with Crippen LogP contribution in [0.4, 0.5) is 0 Å². The van der Waals surface area contributed by atoms with Gasteiger partial charge in [-0.2, -0.15) is 5.06 Å². The summed E-state index contributed by atoms with van der Waals surface area (Å²) in [5.74, 6) is -0.903. The van der Waals surface area contributed by atoms with Crippen LogP contribution in [0, 0.1) is 0 Å². The average molecular weight is 114 g/mol. The molecular weight excluding hydrogens is 110 g/mol. The van der Waals surface area contributed by atoms with E-state index in [1.807, 2.05) is 0 Å². The predicted octanol–water partition coefficient (Wildman–Crippen LogP) is -0.867. The largest absolute Gasteiger partial charge is 0.297 e. The van der Waals surface area contributed by atoms with Gasteiger partial charge in [0.05, 0.1) is 6.42 Å². The second-order valence-electron chi connectivity index (χ2n) is 1.65. The van der Waals surface area contributed by atoms with Gasteiger partial charge in [-0.25, -0.2) is 0 Å². The summed E-state index contributed by atoms with van der Waals surface area (Å²) in [4.78, 5) is 20.4. The molecule has 1 rings (SSSR count). The van der Waals surface area contributed by atoms with Crippen LogP contribution in [0.1, 0.15) is 6.42 Å². The van der Waals surface area contributed by atoms with Crippen molar-refractivity contribution in [2.24, 2.45) is 0 Å². The van der Waals surface area contributed by atoms with Gasteiger partial charge < -0.3 is 0 Å². The number of amides is 1. The van der Waals surface area contributed by atoms with E-state index in [0.29, 0.717) is 0 Å². The average Bonchev–Trinajstić information content (AvgIpc) is 1.85. The van der Waals surface area contributed by atoms with Crippen LogP contribution >= 0.6 is 0 Å². The zero-order valence-corrected chi connectivity index (χ0v) is 4.09. The molecule has 1 aliphatic rings. The van der Waals surface area contributed by atoms with E-state index in [2.05, 4.69) is 0 Å². The molecule has 0 unspecified atom stereocenters. The minimum absolute atomic E-state index is 0.183. The first-order chi connectivity index (χ1) is 3.70. The monoisotopic (exact) mass is 114 g/mol. The van der Waals surface area contributed by atoms with E-state index < -0.39 is 5.91 Å². The van der Waals surface area contributed by atoms with Crippen molar-refractivity contribution in [2.45, 2.75) is 6.42 Å². The van der Waals surface area contributed by atoms with E-state index in [9.17, 15) is 14.8 Å². The topological polar surface area (TPSA) is 57.3 Å². The van der Waals surface area contributed by atoms with Gasteiger partial charge in [-0.05, 0) is 0 Å². The highest BCUT2D eigenvalue weighted by molar-refractivity contribution is 6.04. The first kappa shape index (κ1) is 5.24. The molecule has 0 aromatic carbocycles. The fourth-order valence-corrected chi connectivity index (χ4v) is 0.561. The van der Waals surface area contributed by atoms with Crippen LogP contribution in [0.3, 0.4) is 0 Å². The smallest absolute Gasteiger partial charge is 0.256 e. The van der Waals surface area contributed by atoms with Crippen molar-refractivity contribution >= 4 is 11.7 Å². The maximum atomic E-state index is 10.2. The molecule has 43 valence electrons. The lowest BCUT2D eigenvalue weighted by molar-refractivity contribution is -0.177. The fourth-order valence-electron chi connectivity index (χ4n) is 0.561. The molecule has 0 atom stereocenters. The number of carbonyl (C=O) groups excluding carboxylic acids is 2. The molecule has 4 heteroatoms. The molecule has 1 radical (unpaired) electrons. The Hall–Kier alpha value is -0.900. The highest BCUT2D eigenvalue weighted by atomic mass is 16.5. The number of ketones is 1. The number of hydrogen-bond acceptors (Lipinski definition) is 2. The van der Waals surface area contributed by atoms with E-state index in [-0.39, 0.29) is 23.8 Å². The third-order valence-corrected chi connectivity index (χ3v) is 0.947. The van der Waals surface area contributed by atoms with E-state index in [4.69, 9.17) is 0 Å². The van der Waals surface area contributed by atoms with Crippen molar-refractivity contribution in [3.8, 4) is 0 Å². The van der Waals surface area contributed by atoms with E-state index >= 15 is 0 Å². The quantitative estimate of drug-likeness (QED) is 0.384. The second-order valence-corrected chi connectivity index (χ2v) is 1.65. The summed E-state index contributed by atoms with van der Waals surface area (Å²) in [5, 5.41) is 10.3. The lowest BCUT2D eigenvalue weighted by atomic mass is 10.3. The van der Waals surface area contributed by atoms with Crippen molar-refractivity contribution in [3.05, 3.63) is 0 Å². The molecule has 1 heterocycles. The molecule has 0 aromatic heterocycles. The molecule has 0 aliphatic carbocycles. The van der Waals surface area contributed by atoms with Crippen molar-refractivity contribution < 1.29 is 14.8 Å². The molecule has 0 spiro atoms. The molecule has 0 saturated carbocycles. The molecular formula is C4H4NO3. The third-order valence-electron chi connectivity index (χ3n) is 0.947. The highest BCUT2D eigenvalue weighted by Crippen LogP contribution is 2.01. The molecule has 1 saturated heterocycles. The van der Waals surface area contributed by atoms with Gasteiger partial charge >= 0.3 is 0 Å². The van der Waals surface area contributed by atoms with Gasteiger partial charge in [0.1, 0.15) is 6.54 Å². The van der Waals surface area contributed by atoms with Crippen molar-refractivity contribution in [3.63, 3.8) is 0 Å². The highest BCUT2D eigenvalue weighted by Gasteiger charge is 2.26. The SMILES string of the molecule is [O]N1CC(=O)CC1=O. The Bertz CT molecular complexity index is 142. The number of hydrogen-bond donors (Lipinski definition) is 0. The molecule has 8 heavy (non-hydrogen) atoms. The lowest BCUT2D eigenvalue weighted by Crippen LogP contribution is -2.17. The first-order valence-corrected chi connectivity index (χ1v) is 2.19. The first-order valence-electron chi connectivity index (χ1n) is 2.19. The van der Waals surface area contributed by atoms with Gasteiger partial charge in [-0.15, -0.1) is 0 Å². The molecule has 1 amide bonds. The Labute approximate surface area is 45.7 Å². The molecule has 0 aromatic rings. The lowest BCUT2D eigenvalue weighted by Gasteiger charge is -1.94. The molecule has 1 fully saturated rings. The van der Waals surface area contributed by atoms with Gasteiger partial charge in [0.15, 0.2) is 5.78 Å². The van der Waals surface area contributed by atoms with E-state index in [1.54, 1.807) is 0 Å². The Morgan fingerprint density at radius 2 is 2.00 bits per heavy atom. The Morgan fingerprint density at radius 3 is 2.12 bits per heavy atom. The van der Waals surface area contributed by atoms with Gasteiger partial charge in [-0.1, -0.05) is 5.21 Å². The van der Waals surface area contributed by atoms with Crippen LogP contribution < -0.4 is 0 Å². The van der Waals surface area contributed by atoms with Crippen molar-refractivity contribution in [2.75, 3.05) is 6.54 Å². The molecule has 0 N–H and O–H groups in total. The van der Waals surface area contributed by atoms with Crippen LogP contribution in [0.2, 0.25) is 0 Å². The summed E-state index contributed by atoms with van der Waals surface area (Å²) >= 11 is 0. The number of nitrogens with zero attached hydrogens (tertiary/aromatic N) is 1. The zero-order chi connectivity index (χ0) is 6.15. The summed E-state index contributed by atoms with van der Waals surface area (Å²) in [7, 11) is 0. The van der Waals surface area contributed by atoms with Crippen LogP contribution in [-0.2, 0) is 14.8 Å². The fraction of sp³-hybridized carbons (Fsp3) is 0.500. The second kappa shape index (κ2) is 1.56. The minimum Gasteiger partial charge on any atom is -0.297 e. The Kier molecular flexibility index (Phi) is 1.02. The summed E-state index contributed by atoms with van der Waals surface area (Å²) in [6.07, 6.45) is -0.205. The normalized spacial score (nSPS) is 20.4. The summed E-state index contributed by atoms with van der Waals surface area (Å²) < 4.78 is 0. The Morgan fingerprint density at radius 1 is 1.38 bits per heavy atom. The molecule has 4 nitrogen and oxygen atoms in total. The van der Waals surface area contributed by atoms with Gasteiger partial charge in [-0.3, -0.25) is 9.59 Å². The Balaban J connectivity index is 2.64. The van der Waals surface area contributed by atoms with Gasteiger partial charge in [0, 0.05) is 0 Å². The number of Topliss-reactive ketones (excluding diaryl/α,β-unsaturated/α-hetero) is 1. The maximum Gasteiger partial charge on any atom is 0.256 e. The van der Waals surface area contributed by atoms with Gasteiger partial charge in [0.25, 0.3) is 5.91 Å². The number of carbonyl (C=O) groups is 2. The predicted molar refractivity (Wildman–Crippen MR) is 22.0 cm³/mol. The number of rotatable bonds is 0. The van der Waals surface area contributed by atoms with Crippen LogP contribution in [0.5, 0.6) is 0 Å². The number of hydroxylamine groups is 2. The molecule has 1 aliphatic heterocycles. The third kappa shape index (κ3) is 0.696. The van der Waals surface area contributed by atoms with Crippen LogP contribution in [0.25, 0.3) is 0 Å². The van der Waals surface area contributed by atoms with Crippen molar-refractivity contribution in [1.82, 2.24) is 5.06 Å². The van der Waals surface area contributed by atoms with Crippen LogP contribution in [0.15, 0.2) is 0 Å². The zero-order valence-electron chi connectivity index (χ0n) is 4.09. The minimum atomic E-state index is -0.616. The van der Waals surface area contributed by atoms with E-state index in [1.165, 1.54) is 0 Å². The standard InChI is InChI=1S/C4H4NO3/c6-3-1-4(7)5(8)2-3/h1-2H2. The van der Waals surface area contributed by atoms with Crippen LogP contribution in [-0.4, -0.2) is 23.3 Å². The summed E-state index contributed by atoms with van der Waals surface area (Å²) in [6.45, 7) is -0.251.